The average Bonchev–Trinajstić information content (AvgIpc) is 3.11. The maximum Gasteiger partial charge on any atom is 0.231 e. The van der Waals surface area contributed by atoms with Crippen molar-refractivity contribution in [3.63, 3.8) is 0 Å². The van der Waals surface area contributed by atoms with Gasteiger partial charge in [0.1, 0.15) is 18.2 Å². The SMILES string of the molecule is Cc1ccc(NC(=O)Cc2nc(-c3ccc4c(c3)OCCO4)cs2)cc1. The zero-order valence-electron chi connectivity index (χ0n) is 14.3. The summed E-state index contributed by atoms with van der Waals surface area (Å²) in [5.41, 5.74) is 3.75. The van der Waals surface area contributed by atoms with E-state index in [2.05, 4.69) is 10.3 Å². The average molecular weight is 366 g/mol. The predicted octanol–water partition coefficient (Wildman–Crippen LogP) is 4.07. The maximum absolute atomic E-state index is 12.2. The van der Waals surface area contributed by atoms with Gasteiger partial charge in [-0.25, -0.2) is 4.98 Å². The second kappa shape index (κ2) is 7.17. The van der Waals surface area contributed by atoms with Gasteiger partial charge in [0.25, 0.3) is 0 Å². The molecule has 4 rings (SSSR count). The molecule has 0 saturated heterocycles. The van der Waals surface area contributed by atoms with E-state index in [1.807, 2.05) is 54.8 Å². The van der Waals surface area contributed by atoms with Crippen molar-refractivity contribution >= 4 is 22.9 Å². The number of anilines is 1. The van der Waals surface area contributed by atoms with E-state index in [0.717, 1.165) is 39.0 Å². The fraction of sp³-hybridized carbons (Fsp3) is 0.200. The first kappa shape index (κ1) is 16.6. The van der Waals surface area contributed by atoms with Crippen LogP contribution in [0.2, 0.25) is 0 Å². The molecule has 1 aliphatic rings. The summed E-state index contributed by atoms with van der Waals surface area (Å²) in [4.78, 5) is 16.8. The number of hydrogen-bond donors (Lipinski definition) is 1. The van der Waals surface area contributed by atoms with E-state index in [1.54, 1.807) is 0 Å². The Hall–Kier alpha value is -2.86. The molecule has 1 aliphatic heterocycles. The molecule has 132 valence electrons. The number of aromatic nitrogens is 1. The van der Waals surface area contributed by atoms with Crippen molar-refractivity contribution < 1.29 is 14.3 Å². The number of hydrogen-bond acceptors (Lipinski definition) is 5. The molecule has 2 aromatic carbocycles. The van der Waals surface area contributed by atoms with E-state index in [4.69, 9.17) is 9.47 Å². The van der Waals surface area contributed by atoms with Crippen molar-refractivity contribution in [1.82, 2.24) is 4.98 Å². The number of nitrogens with one attached hydrogen (secondary N) is 1. The van der Waals surface area contributed by atoms with Crippen LogP contribution in [0.3, 0.4) is 0 Å². The summed E-state index contributed by atoms with van der Waals surface area (Å²) in [6, 6.07) is 13.5. The zero-order valence-corrected chi connectivity index (χ0v) is 15.1. The standard InChI is InChI=1S/C20H18N2O3S/c1-13-2-5-15(6-3-13)21-19(23)11-20-22-16(12-26-20)14-4-7-17-18(10-14)25-9-8-24-17/h2-7,10,12H,8-9,11H2,1H3,(H,21,23). The van der Waals surface area contributed by atoms with Crippen molar-refractivity contribution in [3.05, 3.63) is 58.4 Å². The van der Waals surface area contributed by atoms with E-state index in [0.29, 0.717) is 13.2 Å². The fourth-order valence-electron chi connectivity index (χ4n) is 2.71. The first-order valence-corrected chi connectivity index (χ1v) is 9.26. The molecule has 1 amide bonds. The zero-order chi connectivity index (χ0) is 17.9. The number of rotatable bonds is 4. The molecule has 0 radical (unpaired) electrons. The molecule has 0 unspecified atom stereocenters. The first-order chi connectivity index (χ1) is 12.7. The summed E-state index contributed by atoms with van der Waals surface area (Å²) in [5.74, 6) is 1.42. The number of carbonyl (C=O) groups is 1. The number of amides is 1. The van der Waals surface area contributed by atoms with Crippen molar-refractivity contribution in [1.29, 1.82) is 0 Å². The number of fused-ring (bicyclic) bond motifs is 1. The smallest absolute Gasteiger partial charge is 0.231 e. The molecule has 1 aromatic heterocycles. The third kappa shape index (κ3) is 3.70. The van der Waals surface area contributed by atoms with Crippen LogP contribution in [-0.2, 0) is 11.2 Å². The van der Waals surface area contributed by atoms with E-state index in [9.17, 15) is 4.79 Å². The molecule has 0 saturated carbocycles. The lowest BCUT2D eigenvalue weighted by Crippen LogP contribution is -2.15. The predicted molar refractivity (Wildman–Crippen MR) is 102 cm³/mol. The van der Waals surface area contributed by atoms with Gasteiger partial charge in [0.15, 0.2) is 11.5 Å². The minimum absolute atomic E-state index is 0.0723. The Bertz CT molecular complexity index is 934. The Morgan fingerprint density at radius 3 is 2.69 bits per heavy atom. The van der Waals surface area contributed by atoms with Gasteiger partial charge < -0.3 is 14.8 Å². The van der Waals surface area contributed by atoms with Crippen LogP contribution in [-0.4, -0.2) is 24.1 Å². The molecular weight excluding hydrogens is 348 g/mol. The number of benzene rings is 2. The summed E-state index contributed by atoms with van der Waals surface area (Å²) in [6.45, 7) is 3.14. The number of ether oxygens (including phenoxy) is 2. The third-order valence-electron chi connectivity index (χ3n) is 4.04. The van der Waals surface area contributed by atoms with Crippen LogP contribution in [0.1, 0.15) is 10.6 Å². The van der Waals surface area contributed by atoms with Crippen LogP contribution in [0.4, 0.5) is 5.69 Å². The van der Waals surface area contributed by atoms with Gasteiger partial charge in [-0.1, -0.05) is 17.7 Å². The van der Waals surface area contributed by atoms with Gasteiger partial charge in [-0.15, -0.1) is 11.3 Å². The van der Waals surface area contributed by atoms with Gasteiger partial charge >= 0.3 is 0 Å². The lowest BCUT2D eigenvalue weighted by molar-refractivity contribution is -0.115. The van der Waals surface area contributed by atoms with Crippen molar-refractivity contribution in [2.24, 2.45) is 0 Å². The monoisotopic (exact) mass is 366 g/mol. The highest BCUT2D eigenvalue weighted by Gasteiger charge is 2.14. The summed E-state index contributed by atoms with van der Waals surface area (Å²) >= 11 is 1.48. The second-order valence-corrected chi connectivity index (χ2v) is 7.02. The number of carbonyl (C=O) groups excluding carboxylic acids is 1. The van der Waals surface area contributed by atoms with E-state index in [-0.39, 0.29) is 12.3 Å². The quantitative estimate of drug-likeness (QED) is 0.756. The van der Waals surface area contributed by atoms with Gasteiger partial charge in [0.05, 0.1) is 12.1 Å². The summed E-state index contributed by atoms with van der Waals surface area (Å²) in [5, 5.41) is 5.63. The first-order valence-electron chi connectivity index (χ1n) is 8.38. The Morgan fingerprint density at radius 2 is 1.88 bits per heavy atom. The number of aryl methyl sites for hydroxylation is 1. The third-order valence-corrected chi connectivity index (χ3v) is 4.89. The molecule has 26 heavy (non-hydrogen) atoms. The molecule has 5 nitrogen and oxygen atoms in total. The lowest BCUT2D eigenvalue weighted by atomic mass is 10.1. The van der Waals surface area contributed by atoms with E-state index >= 15 is 0 Å². The largest absolute Gasteiger partial charge is 0.486 e. The minimum Gasteiger partial charge on any atom is -0.486 e. The highest BCUT2D eigenvalue weighted by Crippen LogP contribution is 2.34. The molecular formula is C20H18N2O3S. The van der Waals surface area contributed by atoms with Crippen LogP contribution in [0, 0.1) is 6.92 Å². The van der Waals surface area contributed by atoms with Gasteiger partial charge in [0, 0.05) is 16.6 Å². The molecule has 1 N–H and O–H groups in total. The molecule has 0 fully saturated rings. The molecule has 0 aliphatic carbocycles. The Labute approximate surface area is 155 Å². The summed E-state index contributed by atoms with van der Waals surface area (Å²) < 4.78 is 11.2. The van der Waals surface area contributed by atoms with Crippen LogP contribution in [0.15, 0.2) is 47.8 Å². The van der Waals surface area contributed by atoms with Crippen LogP contribution >= 0.6 is 11.3 Å². The highest BCUT2D eigenvalue weighted by molar-refractivity contribution is 7.10. The molecule has 3 aromatic rings. The van der Waals surface area contributed by atoms with Gasteiger partial charge in [-0.05, 0) is 37.3 Å². The van der Waals surface area contributed by atoms with E-state index in [1.165, 1.54) is 11.3 Å². The molecule has 0 bridgehead atoms. The van der Waals surface area contributed by atoms with Gasteiger partial charge in [-0.2, -0.15) is 0 Å². The Morgan fingerprint density at radius 1 is 1.12 bits per heavy atom. The second-order valence-electron chi connectivity index (χ2n) is 6.08. The molecule has 0 spiro atoms. The Balaban J connectivity index is 1.44. The van der Waals surface area contributed by atoms with E-state index < -0.39 is 0 Å². The van der Waals surface area contributed by atoms with Crippen LogP contribution in [0.5, 0.6) is 11.5 Å². The summed E-state index contributed by atoms with van der Waals surface area (Å²) in [6.07, 6.45) is 0.253. The van der Waals surface area contributed by atoms with Crippen molar-refractivity contribution in [2.45, 2.75) is 13.3 Å². The Kier molecular flexibility index (Phi) is 4.58. The molecule has 2 heterocycles. The van der Waals surface area contributed by atoms with Crippen molar-refractivity contribution in [3.8, 4) is 22.8 Å². The lowest BCUT2D eigenvalue weighted by Gasteiger charge is -2.18. The van der Waals surface area contributed by atoms with Crippen LogP contribution < -0.4 is 14.8 Å². The number of thiazole rings is 1. The van der Waals surface area contributed by atoms with Gasteiger partial charge in [0.2, 0.25) is 5.91 Å². The van der Waals surface area contributed by atoms with Crippen LogP contribution in [0.25, 0.3) is 11.3 Å². The van der Waals surface area contributed by atoms with Gasteiger partial charge in [-0.3, -0.25) is 4.79 Å². The summed E-state index contributed by atoms with van der Waals surface area (Å²) in [7, 11) is 0. The molecule has 6 heteroatoms. The van der Waals surface area contributed by atoms with Crippen molar-refractivity contribution in [2.75, 3.05) is 18.5 Å². The highest BCUT2D eigenvalue weighted by atomic mass is 32.1. The maximum atomic E-state index is 12.2. The molecule has 0 atom stereocenters. The number of nitrogens with zero attached hydrogens (tertiary/aromatic N) is 1. The topological polar surface area (TPSA) is 60.5 Å². The fourth-order valence-corrected chi connectivity index (χ4v) is 3.51. The normalized spacial score (nSPS) is 12.7. The minimum atomic E-state index is -0.0723.